The fourth-order valence-electron chi connectivity index (χ4n) is 1.20. The number of carboxylic acids is 1. The molecule has 0 rings (SSSR count). The quantitative estimate of drug-likeness (QED) is 0.426. The van der Waals surface area contributed by atoms with Gasteiger partial charge in [-0.2, -0.15) is 13.2 Å². The van der Waals surface area contributed by atoms with E-state index in [0.717, 1.165) is 25.3 Å². The molecule has 0 radical (unpaired) electrons. The second-order valence-electron chi connectivity index (χ2n) is 3.78. The first-order valence-electron chi connectivity index (χ1n) is 5.39. The topological polar surface area (TPSA) is 37.3 Å². The van der Waals surface area contributed by atoms with E-state index in [0.29, 0.717) is 6.42 Å². The summed E-state index contributed by atoms with van der Waals surface area (Å²) in [6, 6.07) is 0. The molecule has 100 valence electrons. The SMILES string of the molecule is CCCCCC=CCC(F)(C(=O)O)C(F)(F)F. The Balaban J connectivity index is 4.34. The Morgan fingerprint density at radius 3 is 2.18 bits per heavy atom. The van der Waals surface area contributed by atoms with Gasteiger partial charge in [-0.15, -0.1) is 0 Å². The van der Waals surface area contributed by atoms with Crippen molar-refractivity contribution >= 4 is 5.97 Å². The van der Waals surface area contributed by atoms with Gasteiger partial charge in [0, 0.05) is 6.42 Å². The van der Waals surface area contributed by atoms with Crippen molar-refractivity contribution < 1.29 is 27.5 Å². The van der Waals surface area contributed by atoms with E-state index in [1.54, 1.807) is 0 Å². The van der Waals surface area contributed by atoms with Crippen LogP contribution in [0.4, 0.5) is 17.6 Å². The second kappa shape index (κ2) is 6.61. The molecule has 0 bridgehead atoms. The number of hydrogen-bond acceptors (Lipinski definition) is 1. The molecule has 1 unspecified atom stereocenters. The first kappa shape index (κ1) is 15.9. The predicted molar refractivity (Wildman–Crippen MR) is 55.4 cm³/mol. The fraction of sp³-hybridized carbons (Fsp3) is 0.727. The van der Waals surface area contributed by atoms with Gasteiger partial charge in [-0.25, -0.2) is 9.18 Å². The van der Waals surface area contributed by atoms with Gasteiger partial charge in [0.05, 0.1) is 0 Å². The van der Waals surface area contributed by atoms with Crippen LogP contribution in [-0.4, -0.2) is 22.9 Å². The molecule has 0 aliphatic heterocycles. The van der Waals surface area contributed by atoms with E-state index in [1.165, 1.54) is 6.08 Å². The largest absolute Gasteiger partial charge is 0.479 e. The number of unbranched alkanes of at least 4 members (excludes halogenated alkanes) is 3. The normalized spacial score (nSPS) is 16.1. The van der Waals surface area contributed by atoms with Crippen LogP contribution < -0.4 is 0 Å². The van der Waals surface area contributed by atoms with E-state index < -0.39 is 24.2 Å². The number of aliphatic carboxylic acids is 1. The Kier molecular flexibility index (Phi) is 6.20. The van der Waals surface area contributed by atoms with Gasteiger partial charge < -0.3 is 5.11 Å². The molecule has 0 saturated heterocycles. The van der Waals surface area contributed by atoms with Crippen LogP contribution in [-0.2, 0) is 4.79 Å². The molecule has 0 aliphatic carbocycles. The smallest absolute Gasteiger partial charge is 0.433 e. The Morgan fingerprint density at radius 2 is 1.76 bits per heavy atom. The van der Waals surface area contributed by atoms with Gasteiger partial charge in [0.15, 0.2) is 0 Å². The predicted octanol–water partition coefficient (Wildman–Crippen LogP) is 3.87. The van der Waals surface area contributed by atoms with Gasteiger partial charge in [-0.1, -0.05) is 31.9 Å². The first-order chi connectivity index (χ1) is 7.75. The summed E-state index contributed by atoms with van der Waals surface area (Å²) in [5, 5.41) is 8.28. The van der Waals surface area contributed by atoms with Crippen LogP contribution in [0.15, 0.2) is 12.2 Å². The monoisotopic (exact) mass is 256 g/mol. The van der Waals surface area contributed by atoms with Gasteiger partial charge in [-0.3, -0.25) is 0 Å². The van der Waals surface area contributed by atoms with Gasteiger partial charge in [0.1, 0.15) is 0 Å². The van der Waals surface area contributed by atoms with E-state index >= 15 is 0 Å². The summed E-state index contributed by atoms with van der Waals surface area (Å²) in [5.74, 6) is -2.50. The zero-order chi connectivity index (χ0) is 13.5. The highest BCUT2D eigenvalue weighted by molar-refractivity contribution is 5.78. The minimum atomic E-state index is -5.40. The molecule has 0 aliphatic rings. The maximum atomic E-state index is 13.2. The maximum absolute atomic E-state index is 13.2. The second-order valence-corrected chi connectivity index (χ2v) is 3.78. The summed E-state index contributed by atoms with van der Waals surface area (Å²) in [6.45, 7) is 1.98. The first-order valence-corrected chi connectivity index (χ1v) is 5.39. The van der Waals surface area contributed by atoms with Crippen LogP contribution in [0.5, 0.6) is 0 Å². The lowest BCUT2D eigenvalue weighted by atomic mass is 10.0. The van der Waals surface area contributed by atoms with Gasteiger partial charge >= 0.3 is 17.8 Å². The van der Waals surface area contributed by atoms with Crippen molar-refractivity contribution in [1.82, 2.24) is 0 Å². The van der Waals surface area contributed by atoms with Crippen molar-refractivity contribution in [3.05, 3.63) is 12.2 Å². The lowest BCUT2D eigenvalue weighted by Crippen LogP contribution is -2.47. The number of allylic oxidation sites excluding steroid dienone is 2. The lowest BCUT2D eigenvalue weighted by Gasteiger charge is -2.21. The Bertz CT molecular complexity index is 273. The van der Waals surface area contributed by atoms with Crippen LogP contribution >= 0.6 is 0 Å². The molecule has 1 N–H and O–H groups in total. The molecule has 2 nitrogen and oxygen atoms in total. The molecule has 0 fully saturated rings. The van der Waals surface area contributed by atoms with Crippen LogP contribution in [0.3, 0.4) is 0 Å². The average Bonchev–Trinajstić information content (AvgIpc) is 2.20. The number of alkyl halides is 4. The number of carbonyl (C=O) groups is 1. The summed E-state index contributed by atoms with van der Waals surface area (Å²) < 4.78 is 49.8. The third-order valence-corrected chi connectivity index (χ3v) is 2.33. The molecule has 17 heavy (non-hydrogen) atoms. The summed E-state index contributed by atoms with van der Waals surface area (Å²) >= 11 is 0. The molecule has 6 heteroatoms. The zero-order valence-corrected chi connectivity index (χ0v) is 9.56. The number of rotatable bonds is 7. The minimum absolute atomic E-state index is 0.529. The number of hydrogen-bond donors (Lipinski definition) is 1. The summed E-state index contributed by atoms with van der Waals surface area (Å²) in [4.78, 5) is 10.3. The van der Waals surface area contributed by atoms with E-state index in [9.17, 15) is 22.4 Å². The molecule has 0 spiro atoms. The van der Waals surface area contributed by atoms with E-state index in [4.69, 9.17) is 5.11 Å². The molecule has 0 amide bonds. The molecule has 0 aromatic rings. The van der Waals surface area contributed by atoms with Crippen molar-refractivity contribution in [2.45, 2.75) is 50.9 Å². The molecule has 1 atom stereocenters. The highest BCUT2D eigenvalue weighted by Gasteiger charge is 2.61. The molecular formula is C11H16F4O2. The standard InChI is InChI=1S/C11H16F4O2/c1-2-3-4-5-6-7-8-10(12,9(16)17)11(13,14)15/h6-7H,2-5,8H2,1H3,(H,16,17). The summed E-state index contributed by atoms with van der Waals surface area (Å²) in [7, 11) is 0. The molecular weight excluding hydrogens is 240 g/mol. The summed E-state index contributed by atoms with van der Waals surface area (Å²) in [6.07, 6.45) is -1.02. The number of halogens is 4. The van der Waals surface area contributed by atoms with Crippen LogP contribution in [0.2, 0.25) is 0 Å². The van der Waals surface area contributed by atoms with Gasteiger partial charge in [0.25, 0.3) is 0 Å². The van der Waals surface area contributed by atoms with Crippen molar-refractivity contribution in [1.29, 1.82) is 0 Å². The van der Waals surface area contributed by atoms with Gasteiger partial charge in [0.2, 0.25) is 0 Å². The number of carboxylic acid groups (broad SMARTS) is 1. The Labute approximate surface area is 97.3 Å². The van der Waals surface area contributed by atoms with Crippen molar-refractivity contribution in [3.8, 4) is 0 Å². The van der Waals surface area contributed by atoms with E-state index in [-0.39, 0.29) is 0 Å². The molecule has 0 heterocycles. The zero-order valence-electron chi connectivity index (χ0n) is 9.56. The molecule has 0 aromatic heterocycles. The van der Waals surface area contributed by atoms with Crippen molar-refractivity contribution in [3.63, 3.8) is 0 Å². The van der Waals surface area contributed by atoms with Crippen LogP contribution in [0.25, 0.3) is 0 Å². The van der Waals surface area contributed by atoms with E-state index in [2.05, 4.69) is 0 Å². The Hall–Kier alpha value is -1.07. The minimum Gasteiger partial charge on any atom is -0.479 e. The van der Waals surface area contributed by atoms with Crippen LogP contribution in [0.1, 0.15) is 39.0 Å². The lowest BCUT2D eigenvalue weighted by molar-refractivity contribution is -0.235. The molecule has 0 aromatic carbocycles. The highest BCUT2D eigenvalue weighted by atomic mass is 19.4. The average molecular weight is 256 g/mol. The third-order valence-electron chi connectivity index (χ3n) is 2.33. The maximum Gasteiger partial charge on any atom is 0.433 e. The van der Waals surface area contributed by atoms with Gasteiger partial charge in [-0.05, 0) is 12.8 Å². The van der Waals surface area contributed by atoms with Crippen LogP contribution in [0, 0.1) is 0 Å². The van der Waals surface area contributed by atoms with Crippen molar-refractivity contribution in [2.75, 3.05) is 0 Å². The third kappa shape index (κ3) is 4.75. The fourth-order valence-corrected chi connectivity index (χ4v) is 1.20. The highest BCUT2D eigenvalue weighted by Crippen LogP contribution is 2.37. The summed E-state index contributed by atoms with van der Waals surface area (Å²) in [5.41, 5.74) is -4.19. The van der Waals surface area contributed by atoms with Crippen molar-refractivity contribution in [2.24, 2.45) is 0 Å². The Morgan fingerprint density at radius 1 is 1.18 bits per heavy atom. The van der Waals surface area contributed by atoms with E-state index in [1.807, 2.05) is 6.92 Å². The molecule has 0 saturated carbocycles.